The molecule has 1 heterocycles. The largest absolute Gasteiger partial charge is 0.478 e. The number of nitrogens with zero attached hydrogens (tertiary/aromatic N) is 2. The fraction of sp³-hybridized carbons (Fsp3) is 0.692. The lowest BCUT2D eigenvalue weighted by Gasteiger charge is -2.24. The molecule has 0 amide bonds. The molecule has 1 aromatic rings. The van der Waals surface area contributed by atoms with Crippen LogP contribution in [0.1, 0.15) is 50.3 Å². The Balaban J connectivity index is 1.57. The summed E-state index contributed by atoms with van der Waals surface area (Å²) in [5, 5.41) is 0.501. The molecule has 0 aliphatic heterocycles. The van der Waals surface area contributed by atoms with E-state index in [1.807, 2.05) is 0 Å². The third-order valence-corrected chi connectivity index (χ3v) is 3.83. The van der Waals surface area contributed by atoms with Crippen LogP contribution in [0, 0.1) is 5.92 Å². The van der Waals surface area contributed by atoms with E-state index in [2.05, 4.69) is 9.97 Å². The molecular formula is C13H17ClN2O. The molecule has 0 spiro atoms. The molecule has 92 valence electrons. The van der Waals surface area contributed by atoms with Gasteiger partial charge in [0.2, 0.25) is 5.88 Å². The molecule has 0 N–H and O–H groups in total. The summed E-state index contributed by atoms with van der Waals surface area (Å²) in [4.78, 5) is 8.66. The molecule has 0 atom stereocenters. The van der Waals surface area contributed by atoms with E-state index in [9.17, 15) is 0 Å². The predicted octanol–water partition coefficient (Wildman–Crippen LogP) is 3.58. The lowest BCUT2D eigenvalue weighted by atomic mass is 9.83. The number of halogens is 1. The van der Waals surface area contributed by atoms with E-state index >= 15 is 0 Å². The Hall–Kier alpha value is -0.830. The third kappa shape index (κ3) is 2.89. The Morgan fingerprint density at radius 3 is 2.71 bits per heavy atom. The zero-order valence-electron chi connectivity index (χ0n) is 9.86. The summed E-state index contributed by atoms with van der Waals surface area (Å²) in [5.74, 6) is 2.89. The van der Waals surface area contributed by atoms with Gasteiger partial charge in [0.05, 0.1) is 6.61 Å². The topological polar surface area (TPSA) is 35.0 Å². The van der Waals surface area contributed by atoms with Crippen molar-refractivity contribution in [1.82, 2.24) is 9.97 Å². The molecule has 2 aliphatic rings. The van der Waals surface area contributed by atoms with E-state index in [0.29, 0.717) is 17.0 Å². The summed E-state index contributed by atoms with van der Waals surface area (Å²) in [5.41, 5.74) is 0. The van der Waals surface area contributed by atoms with Crippen LogP contribution < -0.4 is 4.74 Å². The molecule has 17 heavy (non-hydrogen) atoms. The molecule has 2 aliphatic carbocycles. The number of rotatable bonds is 5. The second kappa shape index (κ2) is 4.81. The van der Waals surface area contributed by atoms with Crippen LogP contribution in [0.15, 0.2) is 6.07 Å². The van der Waals surface area contributed by atoms with Crippen molar-refractivity contribution in [3.8, 4) is 5.88 Å². The highest BCUT2D eigenvalue weighted by Crippen LogP contribution is 2.39. The summed E-state index contributed by atoms with van der Waals surface area (Å²) in [7, 11) is 0. The van der Waals surface area contributed by atoms with E-state index in [0.717, 1.165) is 24.8 Å². The van der Waals surface area contributed by atoms with Crippen LogP contribution in [-0.2, 0) is 0 Å². The van der Waals surface area contributed by atoms with Crippen molar-refractivity contribution >= 4 is 11.6 Å². The van der Waals surface area contributed by atoms with Gasteiger partial charge < -0.3 is 4.74 Å². The maximum atomic E-state index is 5.97. The molecule has 3 nitrogen and oxygen atoms in total. The predicted molar refractivity (Wildman–Crippen MR) is 66.5 cm³/mol. The maximum absolute atomic E-state index is 5.97. The lowest BCUT2D eigenvalue weighted by Crippen LogP contribution is -2.14. The minimum Gasteiger partial charge on any atom is -0.478 e. The highest BCUT2D eigenvalue weighted by atomic mass is 35.5. The van der Waals surface area contributed by atoms with Crippen LogP contribution in [0.25, 0.3) is 0 Å². The molecule has 0 bridgehead atoms. The zero-order chi connectivity index (χ0) is 11.7. The molecule has 0 aromatic carbocycles. The normalized spacial score (nSPS) is 20.1. The van der Waals surface area contributed by atoms with E-state index in [1.54, 1.807) is 6.07 Å². The SMILES string of the molecule is Clc1cc(OCCC2CCC2)nc(C2CC2)n1. The Kier molecular flexibility index (Phi) is 3.19. The number of aromatic nitrogens is 2. The average molecular weight is 253 g/mol. The maximum Gasteiger partial charge on any atom is 0.218 e. The Morgan fingerprint density at radius 2 is 2.06 bits per heavy atom. The quantitative estimate of drug-likeness (QED) is 0.752. The van der Waals surface area contributed by atoms with Crippen LogP contribution >= 0.6 is 11.6 Å². The van der Waals surface area contributed by atoms with Crippen molar-refractivity contribution in [2.75, 3.05) is 6.61 Å². The summed E-state index contributed by atoms with van der Waals surface area (Å²) >= 11 is 5.97. The van der Waals surface area contributed by atoms with Crippen molar-refractivity contribution in [2.24, 2.45) is 5.92 Å². The molecule has 3 rings (SSSR count). The first-order valence-corrected chi connectivity index (χ1v) is 6.86. The zero-order valence-corrected chi connectivity index (χ0v) is 10.6. The first-order valence-electron chi connectivity index (χ1n) is 6.48. The van der Waals surface area contributed by atoms with E-state index < -0.39 is 0 Å². The standard InChI is InChI=1S/C13H17ClN2O/c14-11-8-12(16-13(15-11)10-4-5-10)17-7-6-9-2-1-3-9/h8-10H,1-7H2. The summed E-state index contributed by atoms with van der Waals surface area (Å²) in [6, 6.07) is 1.72. The summed E-state index contributed by atoms with van der Waals surface area (Å²) < 4.78 is 5.68. The monoisotopic (exact) mass is 252 g/mol. The van der Waals surface area contributed by atoms with Crippen molar-refractivity contribution in [1.29, 1.82) is 0 Å². The Labute approximate surface area is 107 Å². The third-order valence-electron chi connectivity index (χ3n) is 3.63. The molecule has 4 heteroatoms. The molecule has 0 unspecified atom stereocenters. The van der Waals surface area contributed by atoms with Crippen LogP contribution in [0.2, 0.25) is 5.15 Å². The van der Waals surface area contributed by atoms with Crippen molar-refractivity contribution in [3.63, 3.8) is 0 Å². The fourth-order valence-corrected chi connectivity index (χ4v) is 2.30. The number of ether oxygens (including phenoxy) is 1. The molecule has 0 saturated heterocycles. The van der Waals surface area contributed by atoms with E-state index in [-0.39, 0.29) is 0 Å². The Bertz CT molecular complexity index is 402. The summed E-state index contributed by atoms with van der Waals surface area (Å²) in [6.45, 7) is 0.752. The van der Waals surface area contributed by atoms with Gasteiger partial charge in [-0.15, -0.1) is 0 Å². The van der Waals surface area contributed by atoms with Gasteiger partial charge in [0, 0.05) is 12.0 Å². The smallest absolute Gasteiger partial charge is 0.218 e. The van der Waals surface area contributed by atoms with Gasteiger partial charge in [-0.3, -0.25) is 0 Å². The van der Waals surface area contributed by atoms with Crippen molar-refractivity contribution in [3.05, 3.63) is 17.0 Å². The van der Waals surface area contributed by atoms with Gasteiger partial charge in [0.15, 0.2) is 0 Å². The molecule has 2 saturated carbocycles. The highest BCUT2D eigenvalue weighted by Gasteiger charge is 2.27. The Morgan fingerprint density at radius 1 is 1.24 bits per heavy atom. The minimum absolute atomic E-state index is 0.501. The van der Waals surface area contributed by atoms with Gasteiger partial charge in [0.25, 0.3) is 0 Å². The van der Waals surface area contributed by atoms with Crippen molar-refractivity contribution in [2.45, 2.75) is 44.4 Å². The van der Waals surface area contributed by atoms with Gasteiger partial charge in [-0.05, 0) is 25.2 Å². The molecule has 0 radical (unpaired) electrons. The van der Waals surface area contributed by atoms with E-state index in [1.165, 1.54) is 32.1 Å². The first-order chi connectivity index (χ1) is 8.31. The van der Waals surface area contributed by atoms with Gasteiger partial charge in [-0.25, -0.2) is 4.98 Å². The van der Waals surface area contributed by atoms with Gasteiger partial charge in [0.1, 0.15) is 11.0 Å². The van der Waals surface area contributed by atoms with Gasteiger partial charge in [-0.2, -0.15) is 4.98 Å². The molecule has 1 aromatic heterocycles. The first kappa shape index (κ1) is 11.3. The van der Waals surface area contributed by atoms with Crippen LogP contribution in [0.3, 0.4) is 0 Å². The average Bonchev–Trinajstić information content (AvgIpc) is 3.04. The van der Waals surface area contributed by atoms with Crippen LogP contribution in [0.5, 0.6) is 5.88 Å². The lowest BCUT2D eigenvalue weighted by molar-refractivity contribution is 0.217. The second-order valence-corrected chi connectivity index (χ2v) is 5.48. The molecule has 2 fully saturated rings. The fourth-order valence-electron chi connectivity index (χ4n) is 2.12. The van der Waals surface area contributed by atoms with Crippen LogP contribution in [-0.4, -0.2) is 16.6 Å². The van der Waals surface area contributed by atoms with Crippen molar-refractivity contribution < 1.29 is 4.74 Å². The number of hydrogen-bond acceptors (Lipinski definition) is 3. The number of hydrogen-bond donors (Lipinski definition) is 0. The second-order valence-electron chi connectivity index (χ2n) is 5.10. The van der Waals surface area contributed by atoms with E-state index in [4.69, 9.17) is 16.3 Å². The minimum atomic E-state index is 0.501. The highest BCUT2D eigenvalue weighted by molar-refractivity contribution is 6.29. The molecular weight excluding hydrogens is 236 g/mol. The van der Waals surface area contributed by atoms with Crippen LogP contribution in [0.4, 0.5) is 0 Å². The van der Waals surface area contributed by atoms with Gasteiger partial charge >= 0.3 is 0 Å². The summed E-state index contributed by atoms with van der Waals surface area (Å²) in [6.07, 6.45) is 7.61. The van der Waals surface area contributed by atoms with Gasteiger partial charge in [-0.1, -0.05) is 30.9 Å².